The van der Waals surface area contributed by atoms with Crippen molar-refractivity contribution in [2.24, 2.45) is 0 Å². The first-order valence-corrected chi connectivity index (χ1v) is 5.87. The molecule has 0 saturated carbocycles. The highest BCUT2D eigenvalue weighted by atomic mass is 32.1. The number of anilines is 2. The third kappa shape index (κ3) is 2.09. The third-order valence-corrected chi connectivity index (χ3v) is 3.19. The Morgan fingerprint density at radius 2 is 1.94 bits per heavy atom. The lowest BCUT2D eigenvalue weighted by molar-refractivity contribution is 0.628. The zero-order chi connectivity index (χ0) is 11.7. The van der Waals surface area contributed by atoms with Crippen LogP contribution in [0.4, 0.5) is 15.2 Å². The minimum Gasteiger partial charge on any atom is -0.331 e. The number of rotatable bonds is 2. The molecule has 0 aliphatic rings. The number of fused-ring (bicyclic) bond motifs is 1. The SMILES string of the molecule is Fc1ccc(Nc2nc3ncccc3s2)cc1. The van der Waals surface area contributed by atoms with Gasteiger partial charge in [0, 0.05) is 11.9 Å². The predicted octanol–water partition coefficient (Wildman–Crippen LogP) is 3.57. The number of hydrogen-bond acceptors (Lipinski definition) is 4. The largest absolute Gasteiger partial charge is 0.331 e. The minimum absolute atomic E-state index is 0.249. The fourth-order valence-corrected chi connectivity index (χ4v) is 2.32. The molecule has 17 heavy (non-hydrogen) atoms. The van der Waals surface area contributed by atoms with E-state index in [2.05, 4.69) is 15.3 Å². The fraction of sp³-hybridized carbons (Fsp3) is 0. The highest BCUT2D eigenvalue weighted by Crippen LogP contribution is 2.26. The molecule has 0 aliphatic heterocycles. The van der Waals surface area contributed by atoms with Gasteiger partial charge in [-0.2, -0.15) is 4.98 Å². The smallest absolute Gasteiger partial charge is 0.189 e. The lowest BCUT2D eigenvalue weighted by atomic mass is 10.3. The summed E-state index contributed by atoms with van der Waals surface area (Å²) < 4.78 is 13.8. The van der Waals surface area contributed by atoms with Crippen LogP contribution in [-0.2, 0) is 0 Å². The molecule has 0 unspecified atom stereocenters. The molecule has 0 atom stereocenters. The maximum absolute atomic E-state index is 12.7. The molecule has 2 aromatic heterocycles. The molecule has 3 nitrogen and oxygen atoms in total. The van der Waals surface area contributed by atoms with E-state index in [1.54, 1.807) is 18.3 Å². The first kappa shape index (κ1) is 10.2. The van der Waals surface area contributed by atoms with Crippen LogP contribution in [0, 0.1) is 5.82 Å². The Labute approximate surface area is 101 Å². The zero-order valence-corrected chi connectivity index (χ0v) is 9.54. The van der Waals surface area contributed by atoms with Gasteiger partial charge in [0.05, 0.1) is 4.70 Å². The predicted molar refractivity (Wildman–Crippen MR) is 67.1 cm³/mol. The molecule has 1 aromatic carbocycles. The van der Waals surface area contributed by atoms with Crippen molar-refractivity contribution >= 4 is 32.5 Å². The maximum atomic E-state index is 12.7. The highest BCUT2D eigenvalue weighted by Gasteiger charge is 2.03. The molecule has 1 N–H and O–H groups in total. The van der Waals surface area contributed by atoms with E-state index in [1.807, 2.05) is 12.1 Å². The number of aromatic nitrogens is 2. The van der Waals surface area contributed by atoms with E-state index in [9.17, 15) is 4.39 Å². The van der Waals surface area contributed by atoms with Crippen LogP contribution in [0.3, 0.4) is 0 Å². The van der Waals surface area contributed by atoms with Crippen molar-refractivity contribution < 1.29 is 4.39 Å². The molecule has 0 aliphatic carbocycles. The van der Waals surface area contributed by atoms with E-state index in [4.69, 9.17) is 0 Å². The van der Waals surface area contributed by atoms with Gasteiger partial charge in [0.1, 0.15) is 5.82 Å². The summed E-state index contributed by atoms with van der Waals surface area (Å²) in [6.07, 6.45) is 1.71. The molecule has 0 saturated heterocycles. The molecule has 84 valence electrons. The van der Waals surface area contributed by atoms with E-state index < -0.39 is 0 Å². The molecule has 0 amide bonds. The van der Waals surface area contributed by atoms with Gasteiger partial charge in [-0.25, -0.2) is 9.37 Å². The first-order chi connectivity index (χ1) is 8.31. The quantitative estimate of drug-likeness (QED) is 0.750. The van der Waals surface area contributed by atoms with Crippen LogP contribution in [0.2, 0.25) is 0 Å². The van der Waals surface area contributed by atoms with Crippen molar-refractivity contribution in [3.05, 3.63) is 48.4 Å². The molecule has 5 heteroatoms. The summed E-state index contributed by atoms with van der Waals surface area (Å²) in [5, 5.41) is 3.88. The Morgan fingerprint density at radius 3 is 2.71 bits per heavy atom. The molecule has 0 fully saturated rings. The Morgan fingerprint density at radius 1 is 1.12 bits per heavy atom. The van der Waals surface area contributed by atoms with Gasteiger partial charge in [-0.3, -0.25) is 0 Å². The number of pyridine rings is 1. The van der Waals surface area contributed by atoms with Crippen LogP contribution < -0.4 is 5.32 Å². The van der Waals surface area contributed by atoms with Crippen LogP contribution >= 0.6 is 11.3 Å². The lowest BCUT2D eigenvalue weighted by Crippen LogP contribution is -1.88. The number of nitrogens with zero attached hydrogens (tertiary/aromatic N) is 2. The maximum Gasteiger partial charge on any atom is 0.189 e. The topological polar surface area (TPSA) is 37.8 Å². The third-order valence-electron chi connectivity index (χ3n) is 2.26. The van der Waals surface area contributed by atoms with E-state index in [0.29, 0.717) is 0 Å². The number of benzene rings is 1. The standard InChI is InChI=1S/C12H8FN3S/c13-8-3-5-9(6-4-8)15-12-16-11-10(17-12)2-1-7-14-11/h1-7H,(H,14,15,16). The molecule has 0 spiro atoms. The van der Waals surface area contributed by atoms with Gasteiger partial charge in [-0.15, -0.1) is 0 Å². The van der Waals surface area contributed by atoms with Gasteiger partial charge >= 0.3 is 0 Å². The van der Waals surface area contributed by atoms with Gasteiger partial charge in [-0.1, -0.05) is 11.3 Å². The zero-order valence-electron chi connectivity index (χ0n) is 8.72. The fourth-order valence-electron chi connectivity index (χ4n) is 1.48. The summed E-state index contributed by atoms with van der Waals surface area (Å²) in [5.41, 5.74) is 1.53. The van der Waals surface area contributed by atoms with Gasteiger partial charge in [0.25, 0.3) is 0 Å². The Bertz CT molecular complexity index is 615. The van der Waals surface area contributed by atoms with Crippen LogP contribution in [0.25, 0.3) is 10.3 Å². The van der Waals surface area contributed by atoms with Crippen LogP contribution in [-0.4, -0.2) is 9.97 Å². The average Bonchev–Trinajstić information content (AvgIpc) is 2.74. The first-order valence-electron chi connectivity index (χ1n) is 5.05. The molecule has 2 heterocycles. The van der Waals surface area contributed by atoms with Gasteiger partial charge in [0.2, 0.25) is 0 Å². The Hall–Kier alpha value is -2.01. The Balaban J connectivity index is 1.92. The van der Waals surface area contributed by atoms with Gasteiger partial charge in [0.15, 0.2) is 10.8 Å². The summed E-state index contributed by atoms with van der Waals surface area (Å²) in [4.78, 5) is 8.49. The summed E-state index contributed by atoms with van der Waals surface area (Å²) in [6, 6.07) is 10.0. The Kier molecular flexibility index (Phi) is 2.45. The molecular weight excluding hydrogens is 237 g/mol. The summed E-state index contributed by atoms with van der Waals surface area (Å²) in [5.74, 6) is -0.249. The van der Waals surface area contributed by atoms with Crippen molar-refractivity contribution in [2.75, 3.05) is 5.32 Å². The number of thiazole rings is 1. The van der Waals surface area contributed by atoms with Crippen LogP contribution in [0.1, 0.15) is 0 Å². The van der Waals surface area contributed by atoms with Gasteiger partial charge in [-0.05, 0) is 36.4 Å². The lowest BCUT2D eigenvalue weighted by Gasteiger charge is -2.00. The van der Waals surface area contributed by atoms with Crippen molar-refractivity contribution in [3.63, 3.8) is 0 Å². The molecule has 0 bridgehead atoms. The second kappa shape index (κ2) is 4.10. The highest BCUT2D eigenvalue weighted by molar-refractivity contribution is 7.22. The van der Waals surface area contributed by atoms with E-state index in [0.717, 1.165) is 21.2 Å². The van der Waals surface area contributed by atoms with Crippen molar-refractivity contribution in [1.82, 2.24) is 9.97 Å². The van der Waals surface area contributed by atoms with Crippen molar-refractivity contribution in [2.45, 2.75) is 0 Å². The molecule has 3 aromatic rings. The van der Waals surface area contributed by atoms with Crippen molar-refractivity contribution in [1.29, 1.82) is 0 Å². The summed E-state index contributed by atoms with van der Waals surface area (Å²) in [7, 11) is 0. The molecule has 0 radical (unpaired) electrons. The number of halogens is 1. The van der Waals surface area contributed by atoms with E-state index in [1.165, 1.54) is 23.5 Å². The molecular formula is C12H8FN3S. The van der Waals surface area contributed by atoms with Crippen molar-refractivity contribution in [3.8, 4) is 0 Å². The summed E-state index contributed by atoms with van der Waals surface area (Å²) >= 11 is 1.52. The normalized spacial score (nSPS) is 10.6. The van der Waals surface area contributed by atoms with Crippen LogP contribution in [0.15, 0.2) is 42.6 Å². The second-order valence-corrected chi connectivity index (χ2v) is 4.51. The van der Waals surface area contributed by atoms with Crippen LogP contribution in [0.5, 0.6) is 0 Å². The molecule has 3 rings (SSSR count). The van der Waals surface area contributed by atoms with E-state index >= 15 is 0 Å². The minimum atomic E-state index is -0.249. The monoisotopic (exact) mass is 245 g/mol. The number of hydrogen-bond donors (Lipinski definition) is 1. The van der Waals surface area contributed by atoms with Gasteiger partial charge < -0.3 is 5.32 Å². The summed E-state index contributed by atoms with van der Waals surface area (Å²) in [6.45, 7) is 0. The number of nitrogens with one attached hydrogen (secondary N) is 1. The van der Waals surface area contributed by atoms with E-state index in [-0.39, 0.29) is 5.82 Å². The average molecular weight is 245 g/mol. The second-order valence-electron chi connectivity index (χ2n) is 3.48.